The summed E-state index contributed by atoms with van der Waals surface area (Å²) >= 11 is 5.98. The van der Waals surface area contributed by atoms with E-state index in [9.17, 15) is 4.39 Å². The Morgan fingerprint density at radius 1 is 1.26 bits per heavy atom. The van der Waals surface area contributed by atoms with E-state index in [1.54, 1.807) is 30.6 Å². The molecular weight excluding hydrogens is 265 g/mol. The number of rotatable bonds is 4. The van der Waals surface area contributed by atoms with Gasteiger partial charge < -0.3 is 11.5 Å². The second-order valence-electron chi connectivity index (χ2n) is 4.44. The summed E-state index contributed by atoms with van der Waals surface area (Å²) in [6.07, 6.45) is 4.19. The first-order valence-electron chi connectivity index (χ1n) is 5.94. The first kappa shape index (κ1) is 13.8. The maximum Gasteiger partial charge on any atom is 0.127 e. The quantitative estimate of drug-likeness (QED) is 0.904. The molecule has 19 heavy (non-hydrogen) atoms. The third-order valence-corrected chi connectivity index (χ3v) is 3.31. The highest BCUT2D eigenvalue weighted by Crippen LogP contribution is 2.21. The lowest BCUT2D eigenvalue weighted by atomic mass is 9.99. The fourth-order valence-corrected chi connectivity index (χ4v) is 2.19. The van der Waals surface area contributed by atoms with Gasteiger partial charge in [0.05, 0.1) is 0 Å². The van der Waals surface area contributed by atoms with Crippen molar-refractivity contribution in [3.8, 4) is 0 Å². The Labute approximate surface area is 116 Å². The van der Waals surface area contributed by atoms with Gasteiger partial charge in [0.25, 0.3) is 0 Å². The average molecular weight is 280 g/mol. The fraction of sp³-hybridized carbons (Fsp3) is 0.214. The Morgan fingerprint density at radius 2 is 2.05 bits per heavy atom. The van der Waals surface area contributed by atoms with E-state index < -0.39 is 0 Å². The Bertz CT molecular complexity index is 554. The van der Waals surface area contributed by atoms with Gasteiger partial charge in [-0.1, -0.05) is 17.7 Å². The third-order valence-electron chi connectivity index (χ3n) is 2.95. The zero-order valence-electron chi connectivity index (χ0n) is 10.3. The summed E-state index contributed by atoms with van der Waals surface area (Å²) in [5, 5.41) is 0.398. The summed E-state index contributed by atoms with van der Waals surface area (Å²) in [5.74, 6) is -0.331. The van der Waals surface area contributed by atoms with E-state index in [4.69, 9.17) is 23.1 Å². The first-order valence-corrected chi connectivity index (χ1v) is 6.32. The summed E-state index contributed by atoms with van der Waals surface area (Å²) in [5.41, 5.74) is 13.8. The van der Waals surface area contributed by atoms with Crippen LogP contribution in [0.25, 0.3) is 0 Å². The summed E-state index contributed by atoms with van der Waals surface area (Å²) in [4.78, 5) is 4.01. The molecule has 5 heteroatoms. The van der Waals surface area contributed by atoms with Gasteiger partial charge in [-0.15, -0.1) is 0 Å². The lowest BCUT2D eigenvalue weighted by molar-refractivity contribution is 0.584. The van der Waals surface area contributed by atoms with Gasteiger partial charge in [-0.2, -0.15) is 0 Å². The molecule has 4 N–H and O–H groups in total. The van der Waals surface area contributed by atoms with Crippen molar-refractivity contribution in [2.45, 2.75) is 18.9 Å². The zero-order valence-corrected chi connectivity index (χ0v) is 11.1. The Hall–Kier alpha value is -1.65. The summed E-state index contributed by atoms with van der Waals surface area (Å²) in [6, 6.07) is 6.07. The number of hydrogen-bond acceptors (Lipinski definition) is 3. The largest absolute Gasteiger partial charge is 0.398 e. The van der Waals surface area contributed by atoms with Crippen LogP contribution >= 0.6 is 11.6 Å². The molecule has 0 fully saturated rings. The molecule has 1 atom stereocenters. The van der Waals surface area contributed by atoms with Gasteiger partial charge in [0.15, 0.2) is 0 Å². The van der Waals surface area contributed by atoms with Crippen LogP contribution in [0, 0.1) is 5.82 Å². The number of anilines is 1. The van der Waals surface area contributed by atoms with E-state index in [1.807, 2.05) is 0 Å². The normalized spacial score (nSPS) is 12.4. The summed E-state index contributed by atoms with van der Waals surface area (Å²) < 4.78 is 13.7. The first-order chi connectivity index (χ1) is 9.08. The zero-order chi connectivity index (χ0) is 13.8. The molecule has 0 saturated heterocycles. The highest BCUT2D eigenvalue weighted by molar-refractivity contribution is 6.31. The van der Waals surface area contributed by atoms with Gasteiger partial charge in [-0.3, -0.25) is 4.98 Å². The van der Waals surface area contributed by atoms with Crippen molar-refractivity contribution in [2.75, 3.05) is 5.73 Å². The number of hydrogen-bond donors (Lipinski definition) is 2. The molecule has 2 rings (SSSR count). The van der Waals surface area contributed by atoms with Crippen molar-refractivity contribution in [1.29, 1.82) is 0 Å². The van der Waals surface area contributed by atoms with Crippen LogP contribution in [-0.2, 0) is 12.8 Å². The predicted molar refractivity (Wildman–Crippen MR) is 75.4 cm³/mol. The summed E-state index contributed by atoms with van der Waals surface area (Å²) in [6.45, 7) is 0. The molecule has 2 aromatic rings. The van der Waals surface area contributed by atoms with Crippen LogP contribution in [0.4, 0.5) is 10.1 Å². The van der Waals surface area contributed by atoms with Gasteiger partial charge in [0.2, 0.25) is 0 Å². The number of nitrogens with zero attached hydrogens (tertiary/aromatic N) is 1. The molecule has 0 aliphatic carbocycles. The lowest BCUT2D eigenvalue weighted by Gasteiger charge is -2.14. The molecule has 1 aromatic carbocycles. The monoisotopic (exact) mass is 279 g/mol. The molecule has 1 heterocycles. The van der Waals surface area contributed by atoms with Crippen LogP contribution in [0.2, 0.25) is 5.02 Å². The molecule has 0 bridgehead atoms. The average Bonchev–Trinajstić information content (AvgIpc) is 2.37. The molecule has 0 spiro atoms. The number of halogens is 2. The van der Waals surface area contributed by atoms with E-state index >= 15 is 0 Å². The van der Waals surface area contributed by atoms with Crippen molar-refractivity contribution in [3.05, 3.63) is 58.6 Å². The fourth-order valence-electron chi connectivity index (χ4n) is 1.95. The number of pyridine rings is 1. The highest BCUT2D eigenvalue weighted by atomic mass is 35.5. The third kappa shape index (κ3) is 3.43. The minimum absolute atomic E-state index is 0.263. The minimum atomic E-state index is -0.331. The van der Waals surface area contributed by atoms with Gasteiger partial charge in [-0.25, -0.2) is 4.39 Å². The van der Waals surface area contributed by atoms with Crippen molar-refractivity contribution >= 4 is 17.3 Å². The molecule has 0 aliphatic rings. The Kier molecular flexibility index (Phi) is 4.35. The minimum Gasteiger partial charge on any atom is -0.398 e. The smallest absolute Gasteiger partial charge is 0.127 e. The second kappa shape index (κ2) is 5.99. The van der Waals surface area contributed by atoms with Crippen molar-refractivity contribution in [3.63, 3.8) is 0 Å². The molecule has 0 saturated carbocycles. The SMILES string of the molecule is Nc1ccncc1CC(N)Cc1c(F)cccc1Cl. The maximum atomic E-state index is 13.7. The van der Waals surface area contributed by atoms with Crippen LogP contribution in [0.15, 0.2) is 36.7 Å². The topological polar surface area (TPSA) is 64.9 Å². The van der Waals surface area contributed by atoms with Gasteiger partial charge in [-0.05, 0) is 36.6 Å². The van der Waals surface area contributed by atoms with E-state index in [0.717, 1.165) is 5.56 Å². The van der Waals surface area contributed by atoms with E-state index in [2.05, 4.69) is 4.98 Å². The Morgan fingerprint density at radius 3 is 2.74 bits per heavy atom. The number of nitrogens with two attached hydrogens (primary N) is 2. The molecular formula is C14H15ClFN3. The molecule has 100 valence electrons. The molecule has 0 amide bonds. The van der Waals surface area contributed by atoms with Crippen LogP contribution in [0.3, 0.4) is 0 Å². The standard InChI is InChI=1S/C14H15ClFN3/c15-12-2-1-3-13(16)11(12)7-10(17)6-9-8-19-5-4-14(9)18/h1-5,8,10H,6-7,17H2,(H2,18,19). The van der Waals surface area contributed by atoms with Gasteiger partial charge >= 0.3 is 0 Å². The number of nitrogen functional groups attached to an aromatic ring is 1. The van der Waals surface area contributed by atoms with Crippen LogP contribution in [0.1, 0.15) is 11.1 Å². The van der Waals surface area contributed by atoms with Crippen LogP contribution < -0.4 is 11.5 Å². The summed E-state index contributed by atoms with van der Waals surface area (Å²) in [7, 11) is 0. The molecule has 1 unspecified atom stereocenters. The van der Waals surface area contributed by atoms with Crippen molar-refractivity contribution in [1.82, 2.24) is 4.98 Å². The van der Waals surface area contributed by atoms with E-state index in [-0.39, 0.29) is 11.9 Å². The number of aromatic nitrogens is 1. The molecule has 3 nitrogen and oxygen atoms in total. The van der Waals surface area contributed by atoms with Gasteiger partial charge in [0.1, 0.15) is 5.82 Å². The molecule has 1 aromatic heterocycles. The second-order valence-corrected chi connectivity index (χ2v) is 4.85. The van der Waals surface area contributed by atoms with E-state index in [0.29, 0.717) is 29.1 Å². The van der Waals surface area contributed by atoms with Crippen LogP contribution in [-0.4, -0.2) is 11.0 Å². The van der Waals surface area contributed by atoms with Gasteiger partial charge in [0, 0.05) is 34.7 Å². The maximum absolute atomic E-state index is 13.7. The van der Waals surface area contributed by atoms with Crippen LogP contribution in [0.5, 0.6) is 0 Å². The highest BCUT2D eigenvalue weighted by Gasteiger charge is 2.13. The van der Waals surface area contributed by atoms with Crippen molar-refractivity contribution < 1.29 is 4.39 Å². The molecule has 0 aliphatic heterocycles. The molecule has 0 radical (unpaired) electrons. The lowest BCUT2D eigenvalue weighted by Crippen LogP contribution is -2.26. The number of benzene rings is 1. The predicted octanol–water partition coefficient (Wildman–Crippen LogP) is 2.57. The van der Waals surface area contributed by atoms with E-state index in [1.165, 1.54) is 6.07 Å². The van der Waals surface area contributed by atoms with Crippen molar-refractivity contribution in [2.24, 2.45) is 5.73 Å². The Balaban J connectivity index is 2.10.